The lowest BCUT2D eigenvalue weighted by atomic mass is 10.0. The molecule has 154 valence electrons. The first-order chi connectivity index (χ1) is 13.7. The number of hydrazone groups is 1. The van der Waals surface area contributed by atoms with Crippen molar-refractivity contribution >= 4 is 11.6 Å². The Morgan fingerprint density at radius 1 is 1.07 bits per heavy atom. The average molecular weight is 408 g/mol. The molecule has 0 fully saturated rings. The highest BCUT2D eigenvalue weighted by molar-refractivity contribution is 6.03. The Bertz CT molecular complexity index is 882. The van der Waals surface area contributed by atoms with E-state index in [2.05, 4.69) is 5.10 Å². The van der Waals surface area contributed by atoms with Crippen LogP contribution >= 0.6 is 0 Å². The maximum absolute atomic E-state index is 13.5. The standard InChI is InChI=1S/C21H20F4N2O2/c22-17-12-10-16(11-13-17)18-14-20(29,21(23,24)25)27(26-18)19(28)9-5-4-8-15-6-2-1-3-7-15/h1-3,6-7,10-13,29H,4-5,8-9,14H2. The van der Waals surface area contributed by atoms with Crippen LogP contribution in [0.25, 0.3) is 0 Å². The molecule has 1 atom stereocenters. The minimum absolute atomic E-state index is 0.123. The van der Waals surface area contributed by atoms with Crippen molar-refractivity contribution in [2.24, 2.45) is 5.10 Å². The predicted octanol–water partition coefficient (Wildman–Crippen LogP) is 4.43. The molecule has 1 heterocycles. The summed E-state index contributed by atoms with van der Waals surface area (Å²) in [4.78, 5) is 12.4. The van der Waals surface area contributed by atoms with Crippen molar-refractivity contribution in [3.8, 4) is 0 Å². The molecule has 1 amide bonds. The molecule has 1 unspecified atom stereocenters. The molecule has 8 heteroatoms. The maximum Gasteiger partial charge on any atom is 0.438 e. The lowest BCUT2D eigenvalue weighted by molar-refractivity contribution is -0.302. The molecule has 0 saturated carbocycles. The quantitative estimate of drug-likeness (QED) is 0.568. The lowest BCUT2D eigenvalue weighted by Gasteiger charge is -2.32. The van der Waals surface area contributed by atoms with Crippen LogP contribution in [0, 0.1) is 5.82 Å². The van der Waals surface area contributed by atoms with Gasteiger partial charge in [0, 0.05) is 6.42 Å². The molecule has 29 heavy (non-hydrogen) atoms. The van der Waals surface area contributed by atoms with Gasteiger partial charge in [0.2, 0.25) is 5.91 Å². The third-order valence-corrected chi connectivity index (χ3v) is 4.80. The van der Waals surface area contributed by atoms with Crippen LogP contribution in [0.2, 0.25) is 0 Å². The number of carbonyl (C=O) groups is 1. The van der Waals surface area contributed by atoms with E-state index >= 15 is 0 Å². The fraction of sp³-hybridized carbons (Fsp3) is 0.333. The Labute approximate surface area is 165 Å². The molecule has 0 aliphatic carbocycles. The van der Waals surface area contributed by atoms with E-state index in [1.54, 1.807) is 0 Å². The summed E-state index contributed by atoms with van der Waals surface area (Å²) in [5, 5.41) is 14.2. The predicted molar refractivity (Wildman–Crippen MR) is 99.4 cm³/mol. The first-order valence-electron chi connectivity index (χ1n) is 9.20. The SMILES string of the molecule is O=C(CCCCc1ccccc1)N1N=C(c2ccc(F)cc2)CC1(O)C(F)(F)F. The van der Waals surface area contributed by atoms with Crippen LogP contribution in [0.5, 0.6) is 0 Å². The number of benzene rings is 2. The normalized spacial score (nSPS) is 19.3. The van der Waals surface area contributed by atoms with E-state index in [0.717, 1.165) is 17.7 Å². The van der Waals surface area contributed by atoms with E-state index < -0.39 is 30.0 Å². The monoisotopic (exact) mass is 408 g/mol. The van der Waals surface area contributed by atoms with Crippen molar-refractivity contribution in [3.05, 3.63) is 71.5 Å². The summed E-state index contributed by atoms with van der Waals surface area (Å²) < 4.78 is 53.7. The number of amides is 1. The molecule has 3 rings (SSSR count). The fourth-order valence-electron chi connectivity index (χ4n) is 3.19. The van der Waals surface area contributed by atoms with E-state index in [1.165, 1.54) is 12.1 Å². The Morgan fingerprint density at radius 2 is 1.72 bits per heavy atom. The van der Waals surface area contributed by atoms with E-state index in [4.69, 9.17) is 0 Å². The number of alkyl halides is 3. The lowest BCUT2D eigenvalue weighted by Crippen LogP contribution is -2.56. The fourth-order valence-corrected chi connectivity index (χ4v) is 3.19. The van der Waals surface area contributed by atoms with Gasteiger partial charge in [0.05, 0.1) is 12.1 Å². The van der Waals surface area contributed by atoms with E-state index in [9.17, 15) is 27.5 Å². The number of aryl methyl sites for hydroxylation is 1. The molecule has 0 saturated heterocycles. The molecule has 1 aliphatic rings. The molecule has 0 bridgehead atoms. The zero-order chi connectivity index (χ0) is 21.1. The summed E-state index contributed by atoms with van der Waals surface area (Å²) in [5.74, 6) is -1.46. The highest BCUT2D eigenvalue weighted by atomic mass is 19.4. The van der Waals surface area contributed by atoms with Crippen LogP contribution < -0.4 is 0 Å². The average Bonchev–Trinajstić information content (AvgIpc) is 3.05. The van der Waals surface area contributed by atoms with Gasteiger partial charge < -0.3 is 5.11 Å². The topological polar surface area (TPSA) is 52.9 Å². The summed E-state index contributed by atoms with van der Waals surface area (Å²) >= 11 is 0. The van der Waals surface area contributed by atoms with Gasteiger partial charge in [-0.15, -0.1) is 0 Å². The second kappa shape index (κ2) is 8.32. The van der Waals surface area contributed by atoms with Gasteiger partial charge >= 0.3 is 6.18 Å². The largest absolute Gasteiger partial charge is 0.438 e. The van der Waals surface area contributed by atoms with E-state index in [1.807, 2.05) is 30.3 Å². The minimum atomic E-state index is -5.09. The van der Waals surface area contributed by atoms with Crippen molar-refractivity contribution in [3.63, 3.8) is 0 Å². The summed E-state index contributed by atoms with van der Waals surface area (Å²) in [6.45, 7) is 0. The molecule has 1 aliphatic heterocycles. The number of unbranched alkanes of at least 4 members (excludes halogenated alkanes) is 1. The number of aliphatic hydroxyl groups is 1. The summed E-state index contributed by atoms with van der Waals surface area (Å²) in [6, 6.07) is 14.2. The summed E-state index contributed by atoms with van der Waals surface area (Å²) in [7, 11) is 0. The van der Waals surface area contributed by atoms with Gasteiger partial charge in [0.25, 0.3) is 5.72 Å². The maximum atomic E-state index is 13.5. The second-order valence-electron chi connectivity index (χ2n) is 6.94. The third-order valence-electron chi connectivity index (χ3n) is 4.80. The van der Waals surface area contributed by atoms with E-state index in [-0.39, 0.29) is 22.7 Å². The van der Waals surface area contributed by atoms with Crippen molar-refractivity contribution in [1.29, 1.82) is 0 Å². The Kier molecular flexibility index (Phi) is 6.02. The number of hydrogen-bond acceptors (Lipinski definition) is 3. The molecular formula is C21H20F4N2O2. The third kappa shape index (κ3) is 4.64. The number of rotatable bonds is 6. The zero-order valence-electron chi connectivity index (χ0n) is 15.5. The van der Waals surface area contributed by atoms with Gasteiger partial charge in [0.1, 0.15) is 5.82 Å². The Morgan fingerprint density at radius 3 is 2.34 bits per heavy atom. The van der Waals surface area contributed by atoms with Crippen molar-refractivity contribution in [2.45, 2.75) is 44.0 Å². The second-order valence-corrected chi connectivity index (χ2v) is 6.94. The molecular weight excluding hydrogens is 388 g/mol. The molecule has 0 radical (unpaired) electrons. The van der Waals surface area contributed by atoms with Crippen molar-refractivity contribution < 1.29 is 27.5 Å². The van der Waals surface area contributed by atoms with E-state index in [0.29, 0.717) is 19.3 Å². The van der Waals surface area contributed by atoms with Gasteiger partial charge in [-0.05, 0) is 42.5 Å². The number of carbonyl (C=O) groups excluding carboxylic acids is 1. The van der Waals surface area contributed by atoms with Gasteiger partial charge in [0.15, 0.2) is 0 Å². The van der Waals surface area contributed by atoms with Gasteiger partial charge in [-0.25, -0.2) is 4.39 Å². The zero-order valence-corrected chi connectivity index (χ0v) is 15.5. The highest BCUT2D eigenvalue weighted by Crippen LogP contribution is 2.41. The number of halogens is 4. The van der Waals surface area contributed by atoms with Gasteiger partial charge in [-0.3, -0.25) is 4.79 Å². The van der Waals surface area contributed by atoms with Crippen LogP contribution in [-0.2, 0) is 11.2 Å². The molecule has 2 aromatic rings. The molecule has 4 nitrogen and oxygen atoms in total. The highest BCUT2D eigenvalue weighted by Gasteiger charge is 2.63. The van der Waals surface area contributed by atoms with Crippen LogP contribution in [0.3, 0.4) is 0 Å². The molecule has 0 spiro atoms. The smallest absolute Gasteiger partial charge is 0.362 e. The summed E-state index contributed by atoms with van der Waals surface area (Å²) in [6.07, 6.45) is -4.49. The van der Waals surface area contributed by atoms with Crippen molar-refractivity contribution in [2.75, 3.05) is 0 Å². The van der Waals surface area contributed by atoms with Gasteiger partial charge in [-0.1, -0.05) is 42.5 Å². The van der Waals surface area contributed by atoms with Crippen LogP contribution in [-0.4, -0.2) is 33.6 Å². The van der Waals surface area contributed by atoms with Crippen LogP contribution in [0.4, 0.5) is 17.6 Å². The van der Waals surface area contributed by atoms with Crippen LogP contribution in [0.1, 0.15) is 36.8 Å². The van der Waals surface area contributed by atoms with Crippen LogP contribution in [0.15, 0.2) is 59.7 Å². The minimum Gasteiger partial charge on any atom is -0.362 e. The molecule has 0 aromatic heterocycles. The molecule has 1 N–H and O–H groups in total. The first-order valence-corrected chi connectivity index (χ1v) is 9.20. The Hall–Kier alpha value is -2.74. The molecule has 2 aromatic carbocycles. The summed E-state index contributed by atoms with van der Waals surface area (Å²) in [5.41, 5.74) is -2.24. The number of nitrogens with zero attached hydrogens (tertiary/aromatic N) is 2. The van der Waals surface area contributed by atoms with Crippen molar-refractivity contribution in [1.82, 2.24) is 5.01 Å². The Balaban J connectivity index is 1.70. The van der Waals surface area contributed by atoms with Gasteiger partial charge in [-0.2, -0.15) is 23.3 Å². The first kappa shape index (κ1) is 21.0. The number of hydrogen-bond donors (Lipinski definition) is 1.